The number of nitrogens with zero attached hydrogens (tertiary/aromatic N) is 2. The molecular weight excluding hydrogens is 623 g/mol. The minimum Gasteiger partial charge on any atom is -0.494 e. The maximum Gasteiger partial charge on any atom is 0.414 e. The SMILES string of the molecule is COc1c(N2CCCOC2=O)cc2c(c1C)CN(C(=O)c1c(Sc3c(Cl)cccc3Cl)cc(C(F)(F)Cl)[nH]c1=O)C2. The number of aromatic amines is 1. The molecule has 3 heterocycles. The van der Waals surface area contributed by atoms with Crippen LogP contribution in [0, 0.1) is 6.92 Å². The number of aromatic nitrogens is 1. The number of rotatable bonds is 6. The van der Waals surface area contributed by atoms with Gasteiger partial charge in [-0.3, -0.25) is 14.5 Å². The predicted molar refractivity (Wildman–Crippen MR) is 152 cm³/mol. The molecule has 1 fully saturated rings. The van der Waals surface area contributed by atoms with Crippen molar-refractivity contribution in [1.29, 1.82) is 0 Å². The van der Waals surface area contributed by atoms with E-state index in [0.29, 0.717) is 31.0 Å². The molecule has 1 saturated heterocycles. The van der Waals surface area contributed by atoms with Crippen LogP contribution in [0.4, 0.5) is 19.3 Å². The van der Waals surface area contributed by atoms with Crippen LogP contribution in [-0.4, -0.2) is 42.1 Å². The van der Waals surface area contributed by atoms with Crippen LogP contribution >= 0.6 is 46.6 Å². The number of alkyl halides is 3. The summed E-state index contributed by atoms with van der Waals surface area (Å²) < 4.78 is 38.9. The quantitative estimate of drug-likeness (QED) is 0.293. The van der Waals surface area contributed by atoms with E-state index in [4.69, 9.17) is 44.3 Å². The molecule has 0 unspecified atom stereocenters. The number of carbonyl (C=O) groups excluding carboxylic acids is 2. The molecule has 2 aromatic carbocycles. The van der Waals surface area contributed by atoms with Gasteiger partial charge in [0, 0.05) is 29.4 Å². The Morgan fingerprint density at radius 2 is 1.88 bits per heavy atom. The van der Waals surface area contributed by atoms with E-state index >= 15 is 0 Å². The van der Waals surface area contributed by atoms with E-state index in [1.165, 1.54) is 16.9 Å². The first-order valence-corrected chi connectivity index (χ1v) is 14.2. The van der Waals surface area contributed by atoms with Gasteiger partial charge in [0.05, 0.1) is 29.4 Å². The fraction of sp³-hybridized carbons (Fsp3) is 0.296. The van der Waals surface area contributed by atoms with Crippen LogP contribution < -0.4 is 15.2 Å². The Morgan fingerprint density at radius 3 is 2.51 bits per heavy atom. The molecule has 3 aromatic rings. The third-order valence-corrected chi connectivity index (χ3v) is 9.08. The summed E-state index contributed by atoms with van der Waals surface area (Å²) in [6, 6.07) is 7.41. The number of H-pyrrole nitrogens is 1. The summed E-state index contributed by atoms with van der Waals surface area (Å²) in [7, 11) is 1.49. The number of cyclic esters (lactones) is 1. The van der Waals surface area contributed by atoms with Gasteiger partial charge in [-0.15, -0.1) is 0 Å². The summed E-state index contributed by atoms with van der Waals surface area (Å²) in [5, 5.41) is -3.48. The third-order valence-electron chi connectivity index (χ3n) is 6.84. The number of pyridine rings is 1. The number of nitrogens with one attached hydrogen (secondary N) is 1. The van der Waals surface area contributed by atoms with Crippen LogP contribution in [0.5, 0.6) is 5.75 Å². The fourth-order valence-electron chi connectivity index (χ4n) is 4.89. The summed E-state index contributed by atoms with van der Waals surface area (Å²) in [6.07, 6.45) is 0.147. The molecule has 8 nitrogen and oxygen atoms in total. The number of anilines is 1. The van der Waals surface area contributed by atoms with Gasteiger partial charge in [-0.1, -0.05) is 41.0 Å². The van der Waals surface area contributed by atoms with Gasteiger partial charge in [0.15, 0.2) is 0 Å². The lowest BCUT2D eigenvalue weighted by Crippen LogP contribution is -2.38. The van der Waals surface area contributed by atoms with E-state index in [0.717, 1.165) is 34.5 Å². The average Bonchev–Trinajstić information content (AvgIpc) is 3.35. The highest BCUT2D eigenvalue weighted by atomic mass is 35.5. The van der Waals surface area contributed by atoms with Crippen molar-refractivity contribution in [1.82, 2.24) is 9.88 Å². The summed E-state index contributed by atoms with van der Waals surface area (Å²) in [5.41, 5.74) is 0.473. The van der Waals surface area contributed by atoms with Crippen molar-refractivity contribution >= 4 is 64.3 Å². The zero-order valence-corrected chi connectivity index (χ0v) is 24.7. The molecule has 1 aromatic heterocycles. The molecular formula is C27H22Cl3F2N3O5S. The number of ether oxygens (including phenoxy) is 2. The number of benzene rings is 2. The third kappa shape index (κ3) is 5.60. The average molecular weight is 645 g/mol. The van der Waals surface area contributed by atoms with Crippen LogP contribution in [0.25, 0.3) is 0 Å². The zero-order chi connectivity index (χ0) is 29.6. The second-order valence-corrected chi connectivity index (χ2v) is 11.7. The van der Waals surface area contributed by atoms with Gasteiger partial charge in [0.25, 0.3) is 11.5 Å². The van der Waals surface area contributed by atoms with Gasteiger partial charge in [0.1, 0.15) is 17.0 Å². The normalized spacial score (nSPS) is 15.1. The van der Waals surface area contributed by atoms with Gasteiger partial charge in [-0.25, -0.2) is 4.79 Å². The molecule has 2 aliphatic rings. The van der Waals surface area contributed by atoms with Crippen molar-refractivity contribution in [2.75, 3.05) is 25.2 Å². The highest BCUT2D eigenvalue weighted by Gasteiger charge is 2.36. The first-order chi connectivity index (χ1) is 19.4. The van der Waals surface area contributed by atoms with Crippen molar-refractivity contribution < 1.29 is 27.8 Å². The minimum atomic E-state index is -3.90. The van der Waals surface area contributed by atoms with E-state index in [-0.39, 0.29) is 38.5 Å². The summed E-state index contributed by atoms with van der Waals surface area (Å²) in [4.78, 5) is 44.6. The van der Waals surface area contributed by atoms with Gasteiger partial charge < -0.3 is 19.4 Å². The fourth-order valence-corrected chi connectivity index (χ4v) is 6.63. The number of fused-ring (bicyclic) bond motifs is 1. The Hall–Kier alpha value is -2.99. The highest BCUT2D eigenvalue weighted by Crippen LogP contribution is 2.43. The Balaban J connectivity index is 1.55. The molecule has 2 amide bonds. The number of hydrogen-bond acceptors (Lipinski definition) is 6. The van der Waals surface area contributed by atoms with E-state index in [9.17, 15) is 23.2 Å². The van der Waals surface area contributed by atoms with Crippen LogP contribution in [0.3, 0.4) is 0 Å². The van der Waals surface area contributed by atoms with Crippen molar-refractivity contribution in [3.63, 3.8) is 0 Å². The summed E-state index contributed by atoms with van der Waals surface area (Å²) in [5.74, 6) is -0.233. The van der Waals surface area contributed by atoms with E-state index in [1.54, 1.807) is 24.3 Å². The molecule has 41 heavy (non-hydrogen) atoms. The monoisotopic (exact) mass is 643 g/mol. The van der Waals surface area contributed by atoms with Gasteiger partial charge >= 0.3 is 11.5 Å². The molecule has 5 rings (SSSR count). The predicted octanol–water partition coefficient (Wildman–Crippen LogP) is 6.94. The standard InChI is InChI=1S/C27H22Cl3F2N3O5S/c1-13-15-12-34(11-14(15)9-18(22(13)39-2)35-7-4-8-40-26(35)38)25(37)21-19(10-20(27(30,31)32)33-24(21)36)41-23-16(28)5-3-6-17(23)29/h3,5-6,9-10H,4,7-8,11-12H2,1-2H3,(H,33,36). The lowest BCUT2D eigenvalue weighted by atomic mass is 10.0. The van der Waals surface area contributed by atoms with Gasteiger partial charge in [-0.05, 0) is 65.9 Å². The lowest BCUT2D eigenvalue weighted by molar-refractivity contribution is 0.0740. The van der Waals surface area contributed by atoms with Crippen LogP contribution in [0.15, 0.2) is 44.9 Å². The summed E-state index contributed by atoms with van der Waals surface area (Å²) >= 11 is 18.6. The van der Waals surface area contributed by atoms with Crippen molar-refractivity contribution in [3.8, 4) is 5.75 Å². The van der Waals surface area contributed by atoms with E-state index in [1.807, 2.05) is 11.9 Å². The van der Waals surface area contributed by atoms with E-state index in [2.05, 4.69) is 0 Å². The molecule has 0 radical (unpaired) electrons. The zero-order valence-electron chi connectivity index (χ0n) is 21.7. The minimum absolute atomic E-state index is 0.0916. The number of amides is 2. The molecule has 0 aliphatic carbocycles. The Bertz CT molecular complexity index is 1610. The van der Waals surface area contributed by atoms with Gasteiger partial charge in [-0.2, -0.15) is 8.78 Å². The second-order valence-electron chi connectivity index (χ2n) is 9.37. The molecule has 0 spiro atoms. The van der Waals surface area contributed by atoms with Crippen molar-refractivity contribution in [2.24, 2.45) is 0 Å². The lowest BCUT2D eigenvalue weighted by Gasteiger charge is -2.29. The van der Waals surface area contributed by atoms with Crippen LogP contribution in [0.2, 0.25) is 10.0 Å². The molecule has 0 atom stereocenters. The number of hydrogen-bond donors (Lipinski definition) is 1. The first-order valence-electron chi connectivity index (χ1n) is 12.3. The van der Waals surface area contributed by atoms with Gasteiger partial charge in [0.2, 0.25) is 0 Å². The van der Waals surface area contributed by atoms with Crippen molar-refractivity contribution in [3.05, 3.63) is 78.7 Å². The Kier molecular flexibility index (Phi) is 8.17. The summed E-state index contributed by atoms with van der Waals surface area (Å²) in [6.45, 7) is 2.79. The largest absolute Gasteiger partial charge is 0.494 e. The highest BCUT2D eigenvalue weighted by molar-refractivity contribution is 7.99. The van der Waals surface area contributed by atoms with Crippen LogP contribution in [0.1, 0.15) is 39.2 Å². The Labute approximate surface area is 252 Å². The molecule has 216 valence electrons. The second kappa shape index (κ2) is 11.4. The number of carbonyl (C=O) groups is 2. The molecule has 14 heteroatoms. The first kappa shape index (κ1) is 29.5. The number of methoxy groups -OCH3 is 1. The van der Waals surface area contributed by atoms with E-state index < -0.39 is 28.6 Å². The van der Waals surface area contributed by atoms with Crippen molar-refractivity contribution in [2.45, 2.75) is 41.6 Å². The smallest absolute Gasteiger partial charge is 0.414 e. The van der Waals surface area contributed by atoms with Crippen LogP contribution in [-0.2, 0) is 23.2 Å². The molecule has 1 N–H and O–H groups in total. The molecule has 2 aliphatic heterocycles. The topological polar surface area (TPSA) is 91.9 Å². The maximum absolute atomic E-state index is 14.0. The maximum atomic E-state index is 14.0. The molecule has 0 bridgehead atoms. The number of halogens is 5. The molecule has 0 saturated carbocycles. The Morgan fingerprint density at radius 1 is 1.17 bits per heavy atom.